The number of nitrogens with one attached hydrogen (secondary N) is 1. The van der Waals surface area contributed by atoms with Crippen LogP contribution in [0.5, 0.6) is 0 Å². The average Bonchev–Trinajstić information content (AvgIpc) is 3.29. The summed E-state index contributed by atoms with van der Waals surface area (Å²) >= 11 is 12.1. The first kappa shape index (κ1) is 18.8. The lowest BCUT2D eigenvalue weighted by molar-refractivity contribution is -0.123. The van der Waals surface area contributed by atoms with Gasteiger partial charge in [0, 0.05) is 28.8 Å². The largest absolute Gasteiger partial charge is 0.372 e. The number of hydrogen-bond donors (Lipinski definition) is 1. The summed E-state index contributed by atoms with van der Waals surface area (Å²) in [6.45, 7) is 2.25. The topological polar surface area (TPSA) is 52.7 Å². The second-order valence-electron chi connectivity index (χ2n) is 6.90. The van der Waals surface area contributed by atoms with Gasteiger partial charge in [-0.3, -0.25) is 9.69 Å². The normalized spacial score (nSPS) is 18.3. The molecule has 144 valence electrons. The summed E-state index contributed by atoms with van der Waals surface area (Å²) in [5, 5.41) is 3.57. The number of amides is 3. The van der Waals surface area contributed by atoms with Crippen molar-refractivity contribution >= 4 is 46.9 Å². The Bertz CT molecular complexity index is 951. The maximum atomic E-state index is 12.7. The van der Waals surface area contributed by atoms with E-state index in [0.717, 1.165) is 23.6 Å². The smallest absolute Gasteiger partial charge is 0.329 e. The van der Waals surface area contributed by atoms with E-state index < -0.39 is 6.03 Å². The van der Waals surface area contributed by atoms with Crippen molar-refractivity contribution in [1.82, 2.24) is 10.2 Å². The predicted octanol–water partition coefficient (Wildman–Crippen LogP) is 4.69. The molecule has 1 N–H and O–H groups in total. The molecular formula is C21H19Cl2N3O2. The summed E-state index contributed by atoms with van der Waals surface area (Å²) < 4.78 is 0. The van der Waals surface area contributed by atoms with Crippen LogP contribution in [0.3, 0.4) is 0 Å². The Morgan fingerprint density at radius 3 is 2.39 bits per heavy atom. The predicted molar refractivity (Wildman–Crippen MR) is 111 cm³/mol. The fraction of sp³-hybridized carbons (Fsp3) is 0.238. The average molecular weight is 416 g/mol. The number of anilines is 1. The van der Waals surface area contributed by atoms with Crippen LogP contribution in [-0.2, 0) is 11.3 Å². The summed E-state index contributed by atoms with van der Waals surface area (Å²) in [5.41, 5.74) is 2.95. The third-order valence-electron chi connectivity index (χ3n) is 4.98. The Morgan fingerprint density at radius 2 is 1.71 bits per heavy atom. The molecule has 2 heterocycles. The molecule has 5 nitrogen and oxygen atoms in total. The van der Waals surface area contributed by atoms with Gasteiger partial charge in [-0.1, -0.05) is 41.4 Å². The zero-order valence-electron chi connectivity index (χ0n) is 15.1. The van der Waals surface area contributed by atoms with Gasteiger partial charge in [-0.25, -0.2) is 4.79 Å². The minimum absolute atomic E-state index is 0.0892. The fourth-order valence-corrected chi connectivity index (χ4v) is 3.93. The Labute approximate surface area is 173 Å². The van der Waals surface area contributed by atoms with Gasteiger partial charge in [-0.05, 0) is 54.3 Å². The van der Waals surface area contributed by atoms with Gasteiger partial charge in [0.25, 0.3) is 5.91 Å². The van der Waals surface area contributed by atoms with E-state index in [9.17, 15) is 9.59 Å². The quantitative estimate of drug-likeness (QED) is 0.582. The first-order valence-electron chi connectivity index (χ1n) is 9.15. The fourth-order valence-electron chi connectivity index (χ4n) is 3.46. The van der Waals surface area contributed by atoms with E-state index in [2.05, 4.69) is 10.2 Å². The minimum Gasteiger partial charge on any atom is -0.372 e. The molecule has 4 rings (SSSR count). The summed E-state index contributed by atoms with van der Waals surface area (Å²) in [4.78, 5) is 28.4. The molecule has 0 aromatic heterocycles. The molecule has 2 aromatic carbocycles. The van der Waals surface area contributed by atoms with Gasteiger partial charge >= 0.3 is 6.03 Å². The monoisotopic (exact) mass is 415 g/mol. The van der Waals surface area contributed by atoms with Crippen LogP contribution in [0.2, 0.25) is 10.0 Å². The Morgan fingerprint density at radius 1 is 1.00 bits per heavy atom. The van der Waals surface area contributed by atoms with Crippen molar-refractivity contribution in [3.63, 3.8) is 0 Å². The van der Waals surface area contributed by atoms with Crippen molar-refractivity contribution < 1.29 is 9.59 Å². The molecule has 2 aliphatic rings. The highest BCUT2D eigenvalue weighted by Crippen LogP contribution is 2.25. The second kappa shape index (κ2) is 7.86. The van der Waals surface area contributed by atoms with E-state index in [1.807, 2.05) is 24.3 Å². The van der Waals surface area contributed by atoms with E-state index in [-0.39, 0.29) is 18.1 Å². The number of carbonyl (C=O) groups excluding carboxylic acids is 2. The van der Waals surface area contributed by atoms with Crippen LogP contribution in [0.4, 0.5) is 10.5 Å². The van der Waals surface area contributed by atoms with E-state index in [0.29, 0.717) is 15.6 Å². The van der Waals surface area contributed by atoms with Crippen molar-refractivity contribution in [1.29, 1.82) is 0 Å². The van der Waals surface area contributed by atoms with Crippen LogP contribution in [-0.4, -0.2) is 29.9 Å². The lowest BCUT2D eigenvalue weighted by atomic mass is 10.1. The van der Waals surface area contributed by atoms with E-state index in [1.165, 1.54) is 18.5 Å². The number of hydrogen-bond acceptors (Lipinski definition) is 3. The molecule has 7 heteroatoms. The molecule has 2 aliphatic heterocycles. The van der Waals surface area contributed by atoms with Gasteiger partial charge < -0.3 is 10.2 Å². The molecule has 3 amide bonds. The number of nitrogens with zero attached hydrogens (tertiary/aromatic N) is 2. The van der Waals surface area contributed by atoms with Gasteiger partial charge in [-0.2, -0.15) is 0 Å². The molecule has 0 bridgehead atoms. The third kappa shape index (κ3) is 3.86. The zero-order chi connectivity index (χ0) is 19.7. The molecule has 28 heavy (non-hydrogen) atoms. The Hall–Kier alpha value is -2.50. The molecule has 0 unspecified atom stereocenters. The van der Waals surface area contributed by atoms with Gasteiger partial charge in [-0.15, -0.1) is 0 Å². The van der Waals surface area contributed by atoms with Crippen LogP contribution in [0, 0.1) is 0 Å². The van der Waals surface area contributed by atoms with Gasteiger partial charge in [0.05, 0.1) is 6.54 Å². The first-order chi connectivity index (χ1) is 13.5. The Kier molecular flexibility index (Phi) is 5.29. The lowest BCUT2D eigenvalue weighted by Crippen LogP contribution is -2.30. The summed E-state index contributed by atoms with van der Waals surface area (Å²) in [7, 11) is 0. The lowest BCUT2D eigenvalue weighted by Gasteiger charge is -2.17. The molecule has 0 aliphatic carbocycles. The Balaban J connectivity index is 1.50. The second-order valence-corrected chi connectivity index (χ2v) is 7.74. The number of benzene rings is 2. The number of imide groups is 1. The highest BCUT2D eigenvalue weighted by atomic mass is 35.5. The SMILES string of the molecule is O=C1NC(=Cc2ccc(N3CCCC3)cc2)C(=O)N1Cc1ccc(Cl)cc1Cl. The molecular weight excluding hydrogens is 397 g/mol. The number of halogens is 2. The summed E-state index contributed by atoms with van der Waals surface area (Å²) in [5.74, 6) is -0.375. The van der Waals surface area contributed by atoms with Gasteiger partial charge in [0.2, 0.25) is 0 Å². The summed E-state index contributed by atoms with van der Waals surface area (Å²) in [6, 6.07) is 12.5. The minimum atomic E-state index is -0.462. The molecule has 0 spiro atoms. The number of rotatable bonds is 4. The maximum Gasteiger partial charge on any atom is 0.329 e. The highest BCUT2D eigenvalue weighted by Gasteiger charge is 2.33. The standard InChI is InChI=1S/C21H19Cl2N3O2/c22-16-6-5-15(18(23)12-16)13-26-20(27)19(24-21(26)28)11-14-3-7-17(8-4-14)25-9-1-2-10-25/h3-8,11-12H,1-2,9-10,13H2,(H,24,28). The molecule has 0 radical (unpaired) electrons. The van der Waals surface area contributed by atoms with Crippen molar-refractivity contribution in [2.75, 3.05) is 18.0 Å². The van der Waals surface area contributed by atoms with Gasteiger partial charge in [0.1, 0.15) is 5.70 Å². The van der Waals surface area contributed by atoms with Crippen LogP contribution in [0.1, 0.15) is 24.0 Å². The van der Waals surface area contributed by atoms with Crippen molar-refractivity contribution in [3.05, 3.63) is 69.3 Å². The zero-order valence-corrected chi connectivity index (χ0v) is 16.6. The number of urea groups is 1. The van der Waals surface area contributed by atoms with Crippen LogP contribution in [0.25, 0.3) is 6.08 Å². The maximum absolute atomic E-state index is 12.7. The molecule has 0 saturated carbocycles. The van der Waals surface area contributed by atoms with Crippen LogP contribution in [0.15, 0.2) is 48.2 Å². The number of carbonyl (C=O) groups is 2. The van der Waals surface area contributed by atoms with E-state index in [4.69, 9.17) is 23.2 Å². The van der Waals surface area contributed by atoms with Crippen molar-refractivity contribution in [2.24, 2.45) is 0 Å². The van der Waals surface area contributed by atoms with Crippen LogP contribution < -0.4 is 10.2 Å². The van der Waals surface area contributed by atoms with Crippen LogP contribution >= 0.6 is 23.2 Å². The molecule has 2 saturated heterocycles. The van der Waals surface area contributed by atoms with Gasteiger partial charge in [0.15, 0.2) is 0 Å². The van der Waals surface area contributed by atoms with E-state index >= 15 is 0 Å². The first-order valence-corrected chi connectivity index (χ1v) is 9.90. The molecule has 2 aromatic rings. The third-order valence-corrected chi connectivity index (χ3v) is 5.57. The van der Waals surface area contributed by atoms with E-state index in [1.54, 1.807) is 24.3 Å². The summed E-state index contributed by atoms with van der Waals surface area (Å²) in [6.07, 6.45) is 4.14. The molecule has 2 fully saturated rings. The van der Waals surface area contributed by atoms with Crippen molar-refractivity contribution in [2.45, 2.75) is 19.4 Å². The molecule has 0 atom stereocenters. The van der Waals surface area contributed by atoms with Crippen molar-refractivity contribution in [3.8, 4) is 0 Å². The highest BCUT2D eigenvalue weighted by molar-refractivity contribution is 6.35.